The highest BCUT2D eigenvalue weighted by atomic mass is 15.2. The van der Waals surface area contributed by atoms with Crippen LogP contribution in [-0.2, 0) is 6.54 Å². The summed E-state index contributed by atoms with van der Waals surface area (Å²) in [6.07, 6.45) is 2.02. The van der Waals surface area contributed by atoms with E-state index in [9.17, 15) is 0 Å². The van der Waals surface area contributed by atoms with E-state index in [0.717, 1.165) is 25.5 Å². The highest BCUT2D eigenvalue weighted by Gasteiger charge is 2.13. The van der Waals surface area contributed by atoms with Crippen molar-refractivity contribution < 1.29 is 0 Å². The third kappa shape index (κ3) is 3.73. The maximum Gasteiger partial charge on any atom is 0.136 e. The van der Waals surface area contributed by atoms with Crippen molar-refractivity contribution in [2.24, 2.45) is 0 Å². The summed E-state index contributed by atoms with van der Waals surface area (Å²) in [5, 5.41) is 6.10. The van der Waals surface area contributed by atoms with E-state index in [-0.39, 0.29) is 5.54 Å². The van der Waals surface area contributed by atoms with Crippen molar-refractivity contribution in [3.63, 3.8) is 0 Å². The molecule has 0 amide bonds. The Morgan fingerprint density at radius 1 is 1.05 bits per heavy atom. The van der Waals surface area contributed by atoms with E-state index in [2.05, 4.69) is 69.1 Å². The van der Waals surface area contributed by atoms with E-state index in [1.165, 1.54) is 16.3 Å². The molecule has 2 aromatic rings. The van der Waals surface area contributed by atoms with Gasteiger partial charge in [0, 0.05) is 36.8 Å². The number of nitrogens with zero attached hydrogens (tertiary/aromatic N) is 2. The SMILES string of the molecule is CCN(CC)c1ncc(CNC(C)(C)C)c2ccccc12. The fourth-order valence-corrected chi connectivity index (χ4v) is 2.51. The standard InChI is InChI=1S/C18H27N3/c1-6-21(7-2)17-16-11-9-8-10-15(16)14(12-19-17)13-20-18(3,4)5/h8-12,20H,6-7,13H2,1-5H3. The largest absolute Gasteiger partial charge is 0.357 e. The summed E-state index contributed by atoms with van der Waals surface area (Å²) in [6.45, 7) is 13.7. The van der Waals surface area contributed by atoms with Crippen LogP contribution in [0.5, 0.6) is 0 Å². The van der Waals surface area contributed by atoms with Crippen LogP contribution in [0, 0.1) is 0 Å². The van der Waals surface area contributed by atoms with Gasteiger partial charge >= 0.3 is 0 Å². The molecule has 0 spiro atoms. The van der Waals surface area contributed by atoms with E-state index in [0.29, 0.717) is 0 Å². The zero-order valence-electron chi connectivity index (χ0n) is 13.9. The van der Waals surface area contributed by atoms with E-state index in [1.54, 1.807) is 0 Å². The molecule has 0 aliphatic rings. The van der Waals surface area contributed by atoms with E-state index in [4.69, 9.17) is 4.98 Å². The summed E-state index contributed by atoms with van der Waals surface area (Å²) in [5.74, 6) is 1.09. The highest BCUT2D eigenvalue weighted by molar-refractivity contribution is 5.94. The summed E-state index contributed by atoms with van der Waals surface area (Å²) in [7, 11) is 0. The van der Waals surface area contributed by atoms with E-state index in [1.807, 2.05) is 6.20 Å². The Morgan fingerprint density at radius 2 is 1.67 bits per heavy atom. The zero-order valence-corrected chi connectivity index (χ0v) is 13.9. The van der Waals surface area contributed by atoms with Gasteiger partial charge in [-0.05, 0) is 45.6 Å². The minimum absolute atomic E-state index is 0.110. The third-order valence-corrected chi connectivity index (χ3v) is 3.73. The first-order valence-corrected chi connectivity index (χ1v) is 7.83. The van der Waals surface area contributed by atoms with E-state index < -0.39 is 0 Å². The third-order valence-electron chi connectivity index (χ3n) is 3.73. The molecule has 1 N–H and O–H groups in total. The molecule has 1 aromatic heterocycles. The molecule has 0 unspecified atom stereocenters. The maximum atomic E-state index is 4.74. The van der Waals surface area contributed by atoms with Gasteiger partial charge in [0.15, 0.2) is 0 Å². The van der Waals surface area contributed by atoms with Crippen molar-refractivity contribution in [2.45, 2.75) is 46.7 Å². The Morgan fingerprint density at radius 3 is 2.24 bits per heavy atom. The summed E-state index contributed by atoms with van der Waals surface area (Å²) in [6, 6.07) is 8.58. The fourth-order valence-electron chi connectivity index (χ4n) is 2.51. The predicted octanol–water partition coefficient (Wildman–Crippen LogP) is 3.97. The molecule has 1 aromatic carbocycles. The average molecular weight is 285 g/mol. The molecule has 0 saturated heterocycles. The van der Waals surface area contributed by atoms with Crippen LogP contribution < -0.4 is 10.2 Å². The number of anilines is 1. The lowest BCUT2D eigenvalue weighted by Crippen LogP contribution is -2.35. The Bertz CT molecular complexity index is 595. The molecule has 0 saturated carbocycles. The van der Waals surface area contributed by atoms with Crippen molar-refractivity contribution >= 4 is 16.6 Å². The van der Waals surface area contributed by atoms with Gasteiger partial charge in [0.2, 0.25) is 0 Å². The van der Waals surface area contributed by atoms with Crippen LogP contribution in [-0.4, -0.2) is 23.6 Å². The van der Waals surface area contributed by atoms with Gasteiger partial charge < -0.3 is 10.2 Å². The number of aromatic nitrogens is 1. The van der Waals surface area contributed by atoms with Gasteiger partial charge in [0.25, 0.3) is 0 Å². The monoisotopic (exact) mass is 285 g/mol. The second-order valence-corrected chi connectivity index (χ2v) is 6.43. The first-order valence-electron chi connectivity index (χ1n) is 7.83. The molecule has 0 aliphatic carbocycles. The molecule has 3 nitrogen and oxygen atoms in total. The first kappa shape index (κ1) is 15.8. The molecule has 21 heavy (non-hydrogen) atoms. The van der Waals surface area contributed by atoms with Gasteiger partial charge in [-0.1, -0.05) is 24.3 Å². The second kappa shape index (κ2) is 6.44. The van der Waals surface area contributed by atoms with Crippen LogP contribution in [0.2, 0.25) is 0 Å². The number of pyridine rings is 1. The second-order valence-electron chi connectivity index (χ2n) is 6.43. The van der Waals surface area contributed by atoms with Crippen LogP contribution in [0.3, 0.4) is 0 Å². The molecule has 3 heteroatoms. The van der Waals surface area contributed by atoms with Crippen LogP contribution in [0.1, 0.15) is 40.2 Å². The van der Waals surface area contributed by atoms with Crippen molar-refractivity contribution in [3.05, 3.63) is 36.0 Å². The molecule has 0 fully saturated rings. The number of benzene rings is 1. The number of hydrogen-bond acceptors (Lipinski definition) is 3. The van der Waals surface area contributed by atoms with Crippen molar-refractivity contribution in [3.8, 4) is 0 Å². The summed E-state index contributed by atoms with van der Waals surface area (Å²) < 4.78 is 0. The number of rotatable bonds is 5. The zero-order chi connectivity index (χ0) is 15.5. The van der Waals surface area contributed by atoms with Crippen molar-refractivity contribution in [1.82, 2.24) is 10.3 Å². The van der Waals surface area contributed by atoms with Gasteiger partial charge in [-0.2, -0.15) is 0 Å². The van der Waals surface area contributed by atoms with Crippen molar-refractivity contribution in [1.29, 1.82) is 0 Å². The van der Waals surface area contributed by atoms with Gasteiger partial charge in [0.05, 0.1) is 0 Å². The number of hydrogen-bond donors (Lipinski definition) is 1. The van der Waals surface area contributed by atoms with Gasteiger partial charge in [-0.3, -0.25) is 0 Å². The van der Waals surface area contributed by atoms with Crippen LogP contribution >= 0.6 is 0 Å². The normalized spacial score (nSPS) is 11.9. The summed E-state index contributed by atoms with van der Waals surface area (Å²) in [5.41, 5.74) is 1.37. The molecular weight excluding hydrogens is 258 g/mol. The topological polar surface area (TPSA) is 28.2 Å². The Labute approximate surface area is 128 Å². The molecule has 114 valence electrons. The quantitative estimate of drug-likeness (QED) is 0.901. The predicted molar refractivity (Wildman–Crippen MR) is 91.9 cm³/mol. The van der Waals surface area contributed by atoms with Crippen LogP contribution in [0.15, 0.2) is 30.5 Å². The molecule has 0 atom stereocenters. The number of fused-ring (bicyclic) bond motifs is 1. The Hall–Kier alpha value is -1.61. The van der Waals surface area contributed by atoms with Gasteiger partial charge in [-0.25, -0.2) is 4.98 Å². The smallest absolute Gasteiger partial charge is 0.136 e. The van der Waals surface area contributed by atoms with Crippen LogP contribution in [0.25, 0.3) is 10.8 Å². The number of nitrogens with one attached hydrogen (secondary N) is 1. The minimum atomic E-state index is 0.110. The molecule has 0 aliphatic heterocycles. The molecule has 0 bridgehead atoms. The Kier molecular flexibility index (Phi) is 4.84. The Balaban J connectivity index is 2.44. The molecular formula is C18H27N3. The fraction of sp³-hybridized carbons (Fsp3) is 0.500. The van der Waals surface area contributed by atoms with Gasteiger partial charge in [0.1, 0.15) is 5.82 Å². The lowest BCUT2D eigenvalue weighted by Gasteiger charge is -2.24. The minimum Gasteiger partial charge on any atom is -0.357 e. The molecule has 2 rings (SSSR count). The first-order chi connectivity index (χ1) is 9.96. The molecule has 0 radical (unpaired) electrons. The maximum absolute atomic E-state index is 4.74. The lowest BCUT2D eigenvalue weighted by atomic mass is 10.0. The highest BCUT2D eigenvalue weighted by Crippen LogP contribution is 2.27. The van der Waals surface area contributed by atoms with Crippen LogP contribution in [0.4, 0.5) is 5.82 Å². The lowest BCUT2D eigenvalue weighted by molar-refractivity contribution is 0.425. The van der Waals surface area contributed by atoms with Crippen molar-refractivity contribution in [2.75, 3.05) is 18.0 Å². The van der Waals surface area contributed by atoms with Gasteiger partial charge in [-0.15, -0.1) is 0 Å². The van der Waals surface area contributed by atoms with E-state index >= 15 is 0 Å². The molecule has 1 heterocycles. The summed E-state index contributed by atoms with van der Waals surface area (Å²) in [4.78, 5) is 7.04. The average Bonchev–Trinajstić information content (AvgIpc) is 2.46. The summed E-state index contributed by atoms with van der Waals surface area (Å²) >= 11 is 0.